The molecule has 104 valence electrons. The van der Waals surface area contributed by atoms with Crippen LogP contribution in [0.25, 0.3) is 0 Å². The molecule has 0 atom stereocenters. The smallest absolute Gasteiger partial charge is 0.258 e. The van der Waals surface area contributed by atoms with Gasteiger partial charge in [0, 0.05) is 22.6 Å². The third kappa shape index (κ3) is 3.02. The molecule has 0 aliphatic heterocycles. The second kappa shape index (κ2) is 6.09. The fourth-order valence-electron chi connectivity index (χ4n) is 2.09. The summed E-state index contributed by atoms with van der Waals surface area (Å²) in [5, 5.41) is 9.63. The van der Waals surface area contributed by atoms with Gasteiger partial charge in [0.1, 0.15) is 5.75 Å². The second-order valence-corrected chi connectivity index (χ2v) is 5.45. The number of amides is 1. The molecule has 2 rings (SSSR count). The third-order valence-corrected chi connectivity index (χ3v) is 3.61. The standard InChI is InChI=1S/C16H16BrNO2/c1-3-18(15-10-14(19)8-7-11(15)2)16(20)12-5-4-6-13(17)9-12/h4-10,19H,3H2,1-2H3. The molecule has 0 saturated heterocycles. The minimum atomic E-state index is -0.0810. The molecule has 0 heterocycles. The summed E-state index contributed by atoms with van der Waals surface area (Å²) in [5.74, 6) is 0.0774. The van der Waals surface area contributed by atoms with Gasteiger partial charge in [0.05, 0.1) is 5.69 Å². The number of phenolic OH excluding ortho intramolecular Hbond substituents is 1. The van der Waals surface area contributed by atoms with Gasteiger partial charge in [0.2, 0.25) is 0 Å². The van der Waals surface area contributed by atoms with Crippen molar-refractivity contribution in [3.63, 3.8) is 0 Å². The third-order valence-electron chi connectivity index (χ3n) is 3.12. The van der Waals surface area contributed by atoms with E-state index in [1.54, 1.807) is 29.2 Å². The van der Waals surface area contributed by atoms with E-state index in [9.17, 15) is 9.90 Å². The predicted octanol–water partition coefficient (Wildman–Crippen LogP) is 4.13. The van der Waals surface area contributed by atoms with Crippen LogP contribution in [0.3, 0.4) is 0 Å². The Morgan fingerprint density at radius 2 is 2.00 bits per heavy atom. The van der Waals surface area contributed by atoms with E-state index in [1.165, 1.54) is 0 Å². The molecule has 20 heavy (non-hydrogen) atoms. The SMILES string of the molecule is CCN(C(=O)c1cccc(Br)c1)c1cc(O)ccc1C. The Balaban J connectivity index is 2.42. The first-order chi connectivity index (χ1) is 9.52. The van der Waals surface area contributed by atoms with E-state index in [2.05, 4.69) is 15.9 Å². The molecule has 0 unspecified atom stereocenters. The summed E-state index contributed by atoms with van der Waals surface area (Å²) in [4.78, 5) is 14.3. The van der Waals surface area contributed by atoms with Gasteiger partial charge in [0.25, 0.3) is 5.91 Å². The van der Waals surface area contributed by atoms with Crippen LogP contribution < -0.4 is 4.90 Å². The van der Waals surface area contributed by atoms with Crippen molar-refractivity contribution in [2.75, 3.05) is 11.4 Å². The number of benzene rings is 2. The van der Waals surface area contributed by atoms with Crippen molar-refractivity contribution in [2.24, 2.45) is 0 Å². The topological polar surface area (TPSA) is 40.5 Å². The highest BCUT2D eigenvalue weighted by Gasteiger charge is 2.18. The summed E-state index contributed by atoms with van der Waals surface area (Å²) in [5.41, 5.74) is 2.30. The number of carbonyl (C=O) groups excluding carboxylic acids is 1. The minimum absolute atomic E-state index is 0.0810. The first-order valence-electron chi connectivity index (χ1n) is 6.40. The van der Waals surface area contributed by atoms with Crippen molar-refractivity contribution in [1.29, 1.82) is 0 Å². The van der Waals surface area contributed by atoms with Gasteiger partial charge in [-0.2, -0.15) is 0 Å². The number of aryl methyl sites for hydroxylation is 1. The summed E-state index contributed by atoms with van der Waals surface area (Å²) in [7, 11) is 0. The number of halogens is 1. The summed E-state index contributed by atoms with van der Waals surface area (Å²) in [6, 6.07) is 12.3. The van der Waals surface area contributed by atoms with Gasteiger partial charge in [-0.1, -0.05) is 28.1 Å². The first kappa shape index (κ1) is 14.6. The summed E-state index contributed by atoms with van der Waals surface area (Å²) in [6.45, 7) is 4.38. The predicted molar refractivity (Wildman–Crippen MR) is 84.3 cm³/mol. The van der Waals surface area contributed by atoms with Gasteiger partial charge in [-0.05, 0) is 43.7 Å². The number of phenols is 1. The van der Waals surface area contributed by atoms with Crippen molar-refractivity contribution in [2.45, 2.75) is 13.8 Å². The highest BCUT2D eigenvalue weighted by Crippen LogP contribution is 2.26. The maximum absolute atomic E-state index is 12.6. The Kier molecular flexibility index (Phi) is 4.45. The van der Waals surface area contributed by atoms with E-state index in [0.29, 0.717) is 12.1 Å². The minimum Gasteiger partial charge on any atom is -0.508 e. The molecule has 4 heteroatoms. The zero-order chi connectivity index (χ0) is 14.7. The Labute approximate surface area is 127 Å². The second-order valence-electron chi connectivity index (χ2n) is 4.53. The molecular formula is C16H16BrNO2. The van der Waals surface area contributed by atoms with Gasteiger partial charge >= 0.3 is 0 Å². The molecule has 0 radical (unpaired) electrons. The number of carbonyl (C=O) groups is 1. The highest BCUT2D eigenvalue weighted by atomic mass is 79.9. The van der Waals surface area contributed by atoms with Crippen LogP contribution >= 0.6 is 15.9 Å². The van der Waals surface area contributed by atoms with Crippen molar-refractivity contribution < 1.29 is 9.90 Å². The van der Waals surface area contributed by atoms with Crippen molar-refractivity contribution >= 4 is 27.5 Å². The molecule has 0 aromatic heterocycles. The fraction of sp³-hybridized carbons (Fsp3) is 0.188. The van der Waals surface area contributed by atoms with Crippen LogP contribution in [0.2, 0.25) is 0 Å². The average Bonchev–Trinajstić information content (AvgIpc) is 2.43. The molecule has 0 aliphatic rings. The van der Waals surface area contributed by atoms with Crippen LogP contribution in [0, 0.1) is 6.92 Å². The largest absolute Gasteiger partial charge is 0.508 e. The van der Waals surface area contributed by atoms with Crippen LogP contribution in [0.5, 0.6) is 5.75 Å². The lowest BCUT2D eigenvalue weighted by Gasteiger charge is -2.23. The van der Waals surface area contributed by atoms with Gasteiger partial charge in [-0.3, -0.25) is 4.79 Å². The molecule has 0 aliphatic carbocycles. The number of hydrogen-bond donors (Lipinski definition) is 1. The number of anilines is 1. The lowest BCUT2D eigenvalue weighted by molar-refractivity contribution is 0.0988. The Hall–Kier alpha value is -1.81. The van der Waals surface area contributed by atoms with E-state index in [4.69, 9.17) is 0 Å². The van der Waals surface area contributed by atoms with E-state index in [-0.39, 0.29) is 11.7 Å². The van der Waals surface area contributed by atoms with Gasteiger partial charge in [0.15, 0.2) is 0 Å². The lowest BCUT2D eigenvalue weighted by Crippen LogP contribution is -2.31. The summed E-state index contributed by atoms with van der Waals surface area (Å²) < 4.78 is 0.868. The van der Waals surface area contributed by atoms with E-state index in [1.807, 2.05) is 32.0 Å². The molecule has 1 N–H and O–H groups in total. The molecular weight excluding hydrogens is 318 g/mol. The quantitative estimate of drug-likeness (QED) is 0.917. The summed E-state index contributed by atoms with van der Waals surface area (Å²) in [6.07, 6.45) is 0. The zero-order valence-electron chi connectivity index (χ0n) is 11.4. The maximum Gasteiger partial charge on any atom is 0.258 e. The number of aromatic hydroxyl groups is 1. The molecule has 1 amide bonds. The van der Waals surface area contributed by atoms with Crippen LogP contribution in [0.4, 0.5) is 5.69 Å². The number of rotatable bonds is 3. The Bertz CT molecular complexity index is 640. The van der Waals surface area contributed by atoms with Gasteiger partial charge in [-0.15, -0.1) is 0 Å². The number of hydrogen-bond acceptors (Lipinski definition) is 2. The first-order valence-corrected chi connectivity index (χ1v) is 7.19. The normalized spacial score (nSPS) is 10.3. The maximum atomic E-state index is 12.6. The van der Waals surface area contributed by atoms with Crippen molar-refractivity contribution in [3.05, 3.63) is 58.1 Å². The molecule has 2 aromatic rings. The lowest BCUT2D eigenvalue weighted by atomic mass is 10.1. The summed E-state index contributed by atoms with van der Waals surface area (Å²) >= 11 is 3.37. The van der Waals surface area contributed by atoms with E-state index >= 15 is 0 Å². The van der Waals surface area contributed by atoms with E-state index in [0.717, 1.165) is 15.7 Å². The Morgan fingerprint density at radius 1 is 1.25 bits per heavy atom. The molecule has 2 aromatic carbocycles. The molecule has 3 nitrogen and oxygen atoms in total. The molecule has 0 spiro atoms. The van der Waals surface area contributed by atoms with Crippen LogP contribution in [-0.2, 0) is 0 Å². The fourth-order valence-corrected chi connectivity index (χ4v) is 2.49. The van der Waals surface area contributed by atoms with Gasteiger partial charge in [-0.25, -0.2) is 0 Å². The molecule has 0 saturated carbocycles. The monoisotopic (exact) mass is 333 g/mol. The Morgan fingerprint density at radius 3 is 2.65 bits per heavy atom. The van der Waals surface area contributed by atoms with Crippen LogP contribution in [0.15, 0.2) is 46.9 Å². The van der Waals surface area contributed by atoms with Crippen molar-refractivity contribution in [3.8, 4) is 5.75 Å². The van der Waals surface area contributed by atoms with Crippen molar-refractivity contribution in [1.82, 2.24) is 0 Å². The highest BCUT2D eigenvalue weighted by molar-refractivity contribution is 9.10. The number of nitrogens with zero attached hydrogens (tertiary/aromatic N) is 1. The zero-order valence-corrected chi connectivity index (χ0v) is 13.0. The van der Waals surface area contributed by atoms with Crippen LogP contribution in [0.1, 0.15) is 22.8 Å². The molecule has 0 fully saturated rings. The average molecular weight is 334 g/mol. The van der Waals surface area contributed by atoms with Crippen LogP contribution in [-0.4, -0.2) is 17.6 Å². The van der Waals surface area contributed by atoms with E-state index < -0.39 is 0 Å². The van der Waals surface area contributed by atoms with Gasteiger partial charge < -0.3 is 10.0 Å². The molecule has 0 bridgehead atoms.